The summed E-state index contributed by atoms with van der Waals surface area (Å²) in [6.45, 7) is 1.11. The lowest BCUT2D eigenvalue weighted by molar-refractivity contribution is -0.114. The van der Waals surface area contributed by atoms with Crippen LogP contribution < -0.4 is 19.5 Å². The average molecular weight is 432 g/mol. The van der Waals surface area contributed by atoms with Crippen LogP contribution in [0.4, 0.5) is 5.69 Å². The van der Waals surface area contributed by atoms with Crippen LogP contribution in [0, 0.1) is 0 Å². The van der Waals surface area contributed by atoms with Crippen LogP contribution in [0.2, 0.25) is 0 Å². The Bertz CT molecular complexity index is 1140. The van der Waals surface area contributed by atoms with E-state index in [2.05, 4.69) is 20.2 Å². The maximum absolute atomic E-state index is 12.6. The Morgan fingerprint density at radius 1 is 1.10 bits per heavy atom. The number of hydrogen-bond donors (Lipinski definition) is 2. The van der Waals surface area contributed by atoms with Gasteiger partial charge < -0.3 is 19.3 Å². The van der Waals surface area contributed by atoms with Gasteiger partial charge in [0.2, 0.25) is 27.6 Å². The van der Waals surface area contributed by atoms with Crippen LogP contribution in [-0.2, 0) is 21.4 Å². The van der Waals surface area contributed by atoms with Gasteiger partial charge in [0.05, 0.1) is 31.3 Å². The van der Waals surface area contributed by atoms with Crippen LogP contribution in [0.1, 0.15) is 12.8 Å². The second kappa shape index (κ2) is 8.93. The Labute approximate surface area is 173 Å². The van der Waals surface area contributed by atoms with Crippen molar-refractivity contribution in [3.63, 3.8) is 0 Å². The number of amides is 1. The molecule has 0 saturated heterocycles. The lowest BCUT2D eigenvalue weighted by atomic mass is 10.2. The molecule has 10 nitrogen and oxygen atoms in total. The topological polar surface area (TPSA) is 133 Å². The molecule has 11 heteroatoms. The number of aromatic nitrogens is 2. The fraction of sp³-hybridized carbons (Fsp3) is 0.211. The molecule has 3 aromatic rings. The average Bonchev–Trinajstić information content (AvgIpc) is 3.21. The van der Waals surface area contributed by atoms with E-state index in [1.165, 1.54) is 32.2 Å². The molecule has 3 rings (SSSR count). The van der Waals surface area contributed by atoms with Crippen LogP contribution in [0.25, 0.3) is 11.4 Å². The van der Waals surface area contributed by atoms with E-state index in [1.807, 2.05) is 0 Å². The first kappa shape index (κ1) is 21.3. The summed E-state index contributed by atoms with van der Waals surface area (Å²) in [5.41, 5.74) is 0.941. The summed E-state index contributed by atoms with van der Waals surface area (Å²) in [5.74, 6) is 1.09. The number of methoxy groups -OCH3 is 2. The summed E-state index contributed by atoms with van der Waals surface area (Å²) >= 11 is 0. The first-order chi connectivity index (χ1) is 14.3. The van der Waals surface area contributed by atoms with Crippen molar-refractivity contribution in [2.45, 2.75) is 18.4 Å². The van der Waals surface area contributed by atoms with Crippen molar-refractivity contribution in [2.24, 2.45) is 0 Å². The predicted molar refractivity (Wildman–Crippen MR) is 108 cm³/mol. The minimum atomic E-state index is -3.91. The van der Waals surface area contributed by atoms with Gasteiger partial charge in [-0.1, -0.05) is 5.16 Å². The van der Waals surface area contributed by atoms with Crippen LogP contribution in [-0.4, -0.2) is 38.7 Å². The van der Waals surface area contributed by atoms with Crippen LogP contribution in [0.15, 0.2) is 51.9 Å². The zero-order valence-corrected chi connectivity index (χ0v) is 17.3. The van der Waals surface area contributed by atoms with Crippen molar-refractivity contribution in [1.29, 1.82) is 0 Å². The van der Waals surface area contributed by atoms with Crippen molar-refractivity contribution < 1.29 is 27.2 Å². The fourth-order valence-electron chi connectivity index (χ4n) is 2.57. The molecular formula is C19H20N4O6S. The minimum Gasteiger partial charge on any atom is -0.497 e. The largest absolute Gasteiger partial charge is 0.497 e. The highest BCUT2D eigenvalue weighted by Crippen LogP contribution is 2.27. The number of nitrogens with zero attached hydrogens (tertiary/aromatic N) is 2. The number of anilines is 1. The Morgan fingerprint density at radius 2 is 1.83 bits per heavy atom. The number of carbonyl (C=O) groups is 1. The van der Waals surface area contributed by atoms with Gasteiger partial charge >= 0.3 is 0 Å². The summed E-state index contributed by atoms with van der Waals surface area (Å²) in [5, 5.41) is 6.39. The van der Waals surface area contributed by atoms with Crippen molar-refractivity contribution >= 4 is 21.6 Å². The Hall–Kier alpha value is -3.44. The zero-order valence-electron chi connectivity index (χ0n) is 16.5. The SMILES string of the molecule is COc1ccc(-c2noc(CNS(=O)(=O)c3ccc(OC)c(NC(C)=O)c3)n2)cc1. The normalized spacial score (nSPS) is 11.2. The third-order valence-electron chi connectivity index (χ3n) is 4.02. The standard InChI is InChI=1S/C19H20N4O6S/c1-12(24)21-16-10-15(8-9-17(16)28-3)30(25,26)20-11-18-22-19(23-29-18)13-4-6-14(27-2)7-5-13/h4-10,20H,11H2,1-3H3,(H,21,24). The van der Waals surface area contributed by atoms with Crippen molar-refractivity contribution in [2.75, 3.05) is 19.5 Å². The molecule has 0 spiro atoms. The number of rotatable bonds is 8. The molecule has 158 valence electrons. The third-order valence-corrected chi connectivity index (χ3v) is 5.42. The maximum atomic E-state index is 12.6. The van der Waals surface area contributed by atoms with E-state index >= 15 is 0 Å². The highest BCUT2D eigenvalue weighted by molar-refractivity contribution is 7.89. The van der Waals surface area contributed by atoms with Gasteiger partial charge in [0.15, 0.2) is 0 Å². The molecule has 1 amide bonds. The monoisotopic (exact) mass is 432 g/mol. The number of hydrogen-bond acceptors (Lipinski definition) is 8. The molecule has 2 aromatic carbocycles. The number of benzene rings is 2. The van der Waals surface area contributed by atoms with Crippen LogP contribution >= 0.6 is 0 Å². The number of ether oxygens (including phenoxy) is 2. The Morgan fingerprint density at radius 3 is 2.47 bits per heavy atom. The number of nitrogens with one attached hydrogen (secondary N) is 2. The molecule has 1 heterocycles. The molecule has 0 radical (unpaired) electrons. The highest BCUT2D eigenvalue weighted by atomic mass is 32.2. The molecule has 0 aliphatic rings. The smallest absolute Gasteiger partial charge is 0.242 e. The van der Waals surface area contributed by atoms with Gasteiger partial charge in [0.1, 0.15) is 11.5 Å². The van der Waals surface area contributed by atoms with Gasteiger partial charge in [0, 0.05) is 12.5 Å². The van der Waals surface area contributed by atoms with Gasteiger partial charge in [-0.05, 0) is 42.5 Å². The van der Waals surface area contributed by atoms with Gasteiger partial charge in [-0.2, -0.15) is 4.98 Å². The molecule has 0 bridgehead atoms. The van der Waals surface area contributed by atoms with Gasteiger partial charge in [-0.3, -0.25) is 4.79 Å². The van der Waals surface area contributed by atoms with E-state index in [1.54, 1.807) is 31.4 Å². The van der Waals surface area contributed by atoms with E-state index in [0.29, 0.717) is 22.9 Å². The number of carbonyl (C=O) groups excluding carboxylic acids is 1. The summed E-state index contributed by atoms with van der Waals surface area (Å²) in [7, 11) is -0.923. The van der Waals surface area contributed by atoms with E-state index in [9.17, 15) is 13.2 Å². The summed E-state index contributed by atoms with van der Waals surface area (Å²) in [6, 6.07) is 11.2. The lowest BCUT2D eigenvalue weighted by Gasteiger charge is -2.11. The van der Waals surface area contributed by atoms with E-state index in [4.69, 9.17) is 14.0 Å². The second-order valence-corrected chi connectivity index (χ2v) is 7.88. The molecule has 30 heavy (non-hydrogen) atoms. The van der Waals surface area contributed by atoms with E-state index < -0.39 is 10.0 Å². The van der Waals surface area contributed by atoms with Crippen molar-refractivity contribution in [3.8, 4) is 22.9 Å². The summed E-state index contributed by atoms with van der Waals surface area (Å²) in [6.07, 6.45) is 0. The van der Waals surface area contributed by atoms with Crippen molar-refractivity contribution in [1.82, 2.24) is 14.9 Å². The first-order valence-corrected chi connectivity index (χ1v) is 10.2. The Balaban J connectivity index is 1.73. The van der Waals surface area contributed by atoms with E-state index in [0.717, 1.165) is 0 Å². The van der Waals surface area contributed by atoms with Gasteiger partial charge in [-0.15, -0.1) is 0 Å². The van der Waals surface area contributed by atoms with Crippen LogP contribution in [0.3, 0.4) is 0 Å². The van der Waals surface area contributed by atoms with Crippen molar-refractivity contribution in [3.05, 3.63) is 48.4 Å². The zero-order chi connectivity index (χ0) is 21.7. The predicted octanol–water partition coefficient (Wildman–Crippen LogP) is 2.19. The van der Waals surface area contributed by atoms with E-state index in [-0.39, 0.29) is 28.9 Å². The molecule has 2 N–H and O–H groups in total. The fourth-order valence-corrected chi connectivity index (χ4v) is 3.57. The molecule has 0 aliphatic carbocycles. The van der Waals surface area contributed by atoms with Crippen LogP contribution in [0.5, 0.6) is 11.5 Å². The highest BCUT2D eigenvalue weighted by Gasteiger charge is 2.19. The maximum Gasteiger partial charge on any atom is 0.242 e. The molecule has 1 aromatic heterocycles. The third kappa shape index (κ3) is 4.93. The van der Waals surface area contributed by atoms with Gasteiger partial charge in [-0.25, -0.2) is 13.1 Å². The minimum absolute atomic E-state index is 0.0538. The molecule has 0 atom stereocenters. The molecule has 0 unspecified atom stereocenters. The second-order valence-electron chi connectivity index (χ2n) is 6.11. The Kier molecular flexibility index (Phi) is 6.33. The molecular weight excluding hydrogens is 412 g/mol. The number of sulfonamides is 1. The molecule has 0 fully saturated rings. The summed E-state index contributed by atoms with van der Waals surface area (Å²) in [4.78, 5) is 15.5. The van der Waals surface area contributed by atoms with Gasteiger partial charge in [0.25, 0.3) is 0 Å². The quantitative estimate of drug-likeness (QED) is 0.553. The lowest BCUT2D eigenvalue weighted by Crippen LogP contribution is -2.23. The molecule has 0 aliphatic heterocycles. The molecule has 0 saturated carbocycles. The first-order valence-electron chi connectivity index (χ1n) is 8.74. The summed E-state index contributed by atoms with van der Waals surface area (Å²) < 4.78 is 43.0.